The summed E-state index contributed by atoms with van der Waals surface area (Å²) in [5.74, 6) is 0.158. The minimum atomic E-state index is -0.449. The second kappa shape index (κ2) is 5.95. The molecule has 1 heterocycles. The van der Waals surface area contributed by atoms with Crippen molar-refractivity contribution in [3.05, 3.63) is 24.3 Å². The highest BCUT2D eigenvalue weighted by Crippen LogP contribution is 2.14. The van der Waals surface area contributed by atoms with Crippen LogP contribution in [0.1, 0.15) is 27.2 Å². The van der Waals surface area contributed by atoms with Crippen LogP contribution in [0.25, 0.3) is 11.0 Å². The Balaban J connectivity index is 1.83. The maximum Gasteiger partial charge on any atom is 0.228 e. The van der Waals surface area contributed by atoms with Gasteiger partial charge in [-0.15, -0.1) is 0 Å². The number of aromatic nitrogens is 2. The van der Waals surface area contributed by atoms with Crippen molar-refractivity contribution in [3.8, 4) is 0 Å². The molecule has 2 amide bonds. The number of carbonyl (C=O) groups excluding carboxylic acids is 2. The van der Waals surface area contributed by atoms with Crippen molar-refractivity contribution in [2.75, 3.05) is 11.9 Å². The van der Waals surface area contributed by atoms with Gasteiger partial charge in [0.05, 0.1) is 11.0 Å². The molecule has 3 N–H and O–H groups in total. The Morgan fingerprint density at radius 3 is 2.62 bits per heavy atom. The highest BCUT2D eigenvalue weighted by Gasteiger charge is 2.20. The molecular formula is C15H20N4O2. The SMILES string of the molecule is CC(C)(C)C(=O)NCCC(=O)Nc1nc2ccccc2[nH]1. The van der Waals surface area contributed by atoms with Gasteiger partial charge in [-0.2, -0.15) is 0 Å². The van der Waals surface area contributed by atoms with E-state index in [4.69, 9.17) is 0 Å². The lowest BCUT2D eigenvalue weighted by atomic mass is 9.96. The lowest BCUT2D eigenvalue weighted by Gasteiger charge is -2.17. The largest absolute Gasteiger partial charge is 0.355 e. The summed E-state index contributed by atoms with van der Waals surface area (Å²) in [6.45, 7) is 5.80. The normalized spacial score (nSPS) is 11.4. The summed E-state index contributed by atoms with van der Waals surface area (Å²) >= 11 is 0. The fraction of sp³-hybridized carbons (Fsp3) is 0.400. The van der Waals surface area contributed by atoms with Crippen molar-refractivity contribution in [2.45, 2.75) is 27.2 Å². The molecule has 1 aromatic carbocycles. The Hall–Kier alpha value is -2.37. The monoisotopic (exact) mass is 288 g/mol. The van der Waals surface area contributed by atoms with E-state index < -0.39 is 5.41 Å². The maximum atomic E-state index is 11.8. The molecule has 21 heavy (non-hydrogen) atoms. The number of imidazole rings is 1. The molecule has 0 atom stereocenters. The molecule has 0 radical (unpaired) electrons. The van der Waals surface area contributed by atoms with Gasteiger partial charge >= 0.3 is 0 Å². The van der Waals surface area contributed by atoms with Crippen molar-refractivity contribution >= 4 is 28.8 Å². The molecule has 2 aromatic rings. The van der Waals surface area contributed by atoms with Crippen LogP contribution in [-0.4, -0.2) is 28.3 Å². The highest BCUT2D eigenvalue weighted by atomic mass is 16.2. The van der Waals surface area contributed by atoms with Crippen LogP contribution in [0.3, 0.4) is 0 Å². The quantitative estimate of drug-likeness (QED) is 0.804. The van der Waals surface area contributed by atoms with Gasteiger partial charge in [0.2, 0.25) is 17.8 Å². The number of amides is 2. The number of hydrogen-bond donors (Lipinski definition) is 3. The van der Waals surface area contributed by atoms with Crippen molar-refractivity contribution in [3.63, 3.8) is 0 Å². The van der Waals surface area contributed by atoms with E-state index in [1.54, 1.807) is 0 Å². The molecule has 0 aliphatic carbocycles. The molecule has 0 saturated carbocycles. The molecule has 0 unspecified atom stereocenters. The van der Waals surface area contributed by atoms with Gasteiger partial charge in [-0.3, -0.25) is 14.9 Å². The van der Waals surface area contributed by atoms with Gasteiger partial charge in [0.1, 0.15) is 0 Å². The number of hydrogen-bond acceptors (Lipinski definition) is 3. The maximum absolute atomic E-state index is 11.8. The van der Waals surface area contributed by atoms with E-state index in [9.17, 15) is 9.59 Å². The number of carbonyl (C=O) groups is 2. The molecule has 2 rings (SSSR count). The third-order valence-electron chi connectivity index (χ3n) is 2.97. The Labute approximate surface area is 123 Å². The molecule has 0 aliphatic heterocycles. The lowest BCUT2D eigenvalue weighted by molar-refractivity contribution is -0.128. The average molecular weight is 288 g/mol. The van der Waals surface area contributed by atoms with Crippen molar-refractivity contribution in [2.24, 2.45) is 5.41 Å². The topological polar surface area (TPSA) is 86.9 Å². The van der Waals surface area contributed by atoms with E-state index in [2.05, 4.69) is 20.6 Å². The summed E-state index contributed by atoms with van der Waals surface area (Å²) in [6.07, 6.45) is 0.207. The van der Waals surface area contributed by atoms with Gasteiger partial charge in [0, 0.05) is 18.4 Å². The van der Waals surface area contributed by atoms with Crippen molar-refractivity contribution in [1.29, 1.82) is 0 Å². The van der Waals surface area contributed by atoms with Gasteiger partial charge in [-0.1, -0.05) is 32.9 Å². The molecule has 0 aliphatic rings. The first-order valence-electron chi connectivity index (χ1n) is 6.89. The van der Waals surface area contributed by atoms with Crippen LogP contribution in [0, 0.1) is 5.41 Å². The molecule has 112 valence electrons. The lowest BCUT2D eigenvalue weighted by Crippen LogP contribution is -2.36. The first-order valence-corrected chi connectivity index (χ1v) is 6.89. The highest BCUT2D eigenvalue weighted by molar-refractivity contribution is 5.91. The van der Waals surface area contributed by atoms with Crippen LogP contribution >= 0.6 is 0 Å². The second-order valence-electron chi connectivity index (χ2n) is 5.91. The fourth-order valence-electron chi connectivity index (χ4n) is 1.76. The number of H-pyrrole nitrogens is 1. The zero-order valence-corrected chi connectivity index (χ0v) is 12.5. The second-order valence-corrected chi connectivity index (χ2v) is 5.91. The number of anilines is 1. The number of para-hydroxylation sites is 2. The molecule has 0 saturated heterocycles. The van der Waals surface area contributed by atoms with Crippen LogP contribution in [0.5, 0.6) is 0 Å². The Kier molecular flexibility index (Phi) is 4.26. The van der Waals surface area contributed by atoms with Gasteiger partial charge < -0.3 is 10.3 Å². The fourth-order valence-corrected chi connectivity index (χ4v) is 1.76. The summed E-state index contributed by atoms with van der Waals surface area (Å²) in [5.41, 5.74) is 1.22. The Bertz CT molecular complexity index is 622. The predicted octanol–water partition coefficient (Wildman–Crippen LogP) is 2.05. The molecule has 0 spiro atoms. The van der Waals surface area contributed by atoms with Gasteiger partial charge in [-0.25, -0.2) is 4.98 Å². The van der Waals surface area contributed by atoms with Crippen LogP contribution in [0.15, 0.2) is 24.3 Å². The zero-order valence-electron chi connectivity index (χ0n) is 12.5. The molecule has 0 bridgehead atoms. The molecular weight excluding hydrogens is 268 g/mol. The van der Waals surface area contributed by atoms with Crippen LogP contribution < -0.4 is 10.6 Å². The van der Waals surface area contributed by atoms with Crippen molar-refractivity contribution in [1.82, 2.24) is 15.3 Å². The smallest absolute Gasteiger partial charge is 0.228 e. The van der Waals surface area contributed by atoms with E-state index in [1.165, 1.54) is 0 Å². The molecule has 0 fully saturated rings. The minimum absolute atomic E-state index is 0.0703. The standard InChI is InChI=1S/C15H20N4O2/c1-15(2,3)13(21)16-9-8-12(20)19-14-17-10-6-4-5-7-11(10)18-14/h4-7H,8-9H2,1-3H3,(H,16,21)(H2,17,18,19,20). The molecule has 6 heteroatoms. The van der Waals surface area contributed by atoms with Gasteiger partial charge in [-0.05, 0) is 12.1 Å². The van der Waals surface area contributed by atoms with Crippen LogP contribution in [0.4, 0.5) is 5.95 Å². The number of rotatable bonds is 4. The first kappa shape index (κ1) is 15.0. The van der Waals surface area contributed by atoms with E-state index in [-0.39, 0.29) is 18.2 Å². The van der Waals surface area contributed by atoms with Gasteiger partial charge in [0.25, 0.3) is 0 Å². The van der Waals surface area contributed by atoms with E-state index in [0.717, 1.165) is 11.0 Å². The third-order valence-corrected chi connectivity index (χ3v) is 2.97. The first-order chi connectivity index (χ1) is 9.86. The number of nitrogens with one attached hydrogen (secondary N) is 3. The number of fused-ring (bicyclic) bond motifs is 1. The zero-order chi connectivity index (χ0) is 15.5. The third kappa shape index (κ3) is 4.05. The number of benzene rings is 1. The van der Waals surface area contributed by atoms with Gasteiger partial charge in [0.15, 0.2) is 0 Å². The average Bonchev–Trinajstić information content (AvgIpc) is 2.79. The molecule has 6 nitrogen and oxygen atoms in total. The summed E-state index contributed by atoms with van der Waals surface area (Å²) in [7, 11) is 0. The minimum Gasteiger partial charge on any atom is -0.355 e. The van der Waals surface area contributed by atoms with Crippen LogP contribution in [0.2, 0.25) is 0 Å². The Morgan fingerprint density at radius 1 is 1.24 bits per heavy atom. The van der Waals surface area contributed by atoms with E-state index in [0.29, 0.717) is 12.5 Å². The van der Waals surface area contributed by atoms with Crippen LogP contribution in [-0.2, 0) is 9.59 Å². The number of nitrogens with zero attached hydrogens (tertiary/aromatic N) is 1. The van der Waals surface area contributed by atoms with E-state index >= 15 is 0 Å². The summed E-state index contributed by atoms with van der Waals surface area (Å²) in [6, 6.07) is 7.54. The summed E-state index contributed by atoms with van der Waals surface area (Å²) in [5, 5.41) is 5.42. The van der Waals surface area contributed by atoms with Crippen molar-refractivity contribution < 1.29 is 9.59 Å². The summed E-state index contributed by atoms with van der Waals surface area (Å²) < 4.78 is 0. The Morgan fingerprint density at radius 2 is 1.95 bits per heavy atom. The van der Waals surface area contributed by atoms with E-state index in [1.807, 2.05) is 45.0 Å². The number of aromatic amines is 1. The predicted molar refractivity (Wildman–Crippen MR) is 81.8 cm³/mol. The molecule has 1 aromatic heterocycles. The summed E-state index contributed by atoms with van der Waals surface area (Å²) in [4.78, 5) is 30.7.